The van der Waals surface area contributed by atoms with Crippen LogP contribution >= 0.6 is 15.9 Å². The third-order valence-electron chi connectivity index (χ3n) is 20.5. The zero-order chi connectivity index (χ0) is 63.3. The van der Waals surface area contributed by atoms with Crippen LogP contribution in [0.3, 0.4) is 0 Å². The highest BCUT2D eigenvalue weighted by atomic mass is 79.9. The van der Waals surface area contributed by atoms with Gasteiger partial charge in [0.15, 0.2) is 0 Å². The normalized spacial score (nSPS) is 15.0. The predicted octanol–water partition coefficient (Wildman–Crippen LogP) is 26.4. The molecule has 0 atom stereocenters. The predicted molar refractivity (Wildman–Crippen MR) is 400 cm³/mol. The summed E-state index contributed by atoms with van der Waals surface area (Å²) in [7, 11) is 0. The number of hydrogen-bond donors (Lipinski definition) is 1. The van der Waals surface area contributed by atoms with Crippen LogP contribution in [-0.4, -0.2) is 0 Å². The molecule has 12 aromatic carbocycles. The number of rotatable bonds is 11. The first-order valence-electron chi connectivity index (χ1n) is 34.0. The molecule has 0 radical (unpaired) electrons. The molecule has 0 aliphatic heterocycles. The molecule has 2 saturated carbocycles. The van der Waals surface area contributed by atoms with Crippen molar-refractivity contribution < 1.29 is 0 Å². The van der Waals surface area contributed by atoms with Crippen LogP contribution in [0.5, 0.6) is 0 Å². The Morgan fingerprint density at radius 3 is 1.20 bits per heavy atom. The monoisotopic (exact) mass is 1270 g/mol. The van der Waals surface area contributed by atoms with Gasteiger partial charge in [0.1, 0.15) is 0 Å². The van der Waals surface area contributed by atoms with Crippen molar-refractivity contribution in [3.63, 3.8) is 0 Å². The van der Waals surface area contributed by atoms with Gasteiger partial charge in [0.05, 0.1) is 5.69 Å². The molecule has 4 aliphatic rings. The van der Waals surface area contributed by atoms with E-state index in [1.165, 1.54) is 180 Å². The Labute approximate surface area is 561 Å². The summed E-state index contributed by atoms with van der Waals surface area (Å²) < 4.78 is 1.17. The molecular formula is C90H83BrN2. The smallest absolute Gasteiger partial charge is 0.0540 e. The summed E-state index contributed by atoms with van der Waals surface area (Å²) in [6, 6.07) is 106. The number of fused-ring (bicyclic) bond motifs is 6. The van der Waals surface area contributed by atoms with E-state index in [9.17, 15) is 0 Å². The van der Waals surface area contributed by atoms with E-state index in [0.29, 0.717) is 5.92 Å². The number of anilines is 5. The highest BCUT2D eigenvalue weighted by Gasteiger charge is 2.37. The Hall–Kier alpha value is -9.28. The summed E-state index contributed by atoms with van der Waals surface area (Å²) in [5.41, 5.74) is 29.7. The van der Waals surface area contributed by atoms with Crippen molar-refractivity contribution in [3.8, 4) is 66.8 Å². The van der Waals surface area contributed by atoms with E-state index in [2.05, 4.69) is 339 Å². The summed E-state index contributed by atoms with van der Waals surface area (Å²) in [4.78, 5) is 2.46. The molecule has 1 N–H and O–H groups in total. The molecule has 2 fully saturated rings. The van der Waals surface area contributed by atoms with E-state index in [4.69, 9.17) is 0 Å². The van der Waals surface area contributed by atoms with Gasteiger partial charge < -0.3 is 10.2 Å². The molecule has 0 unspecified atom stereocenters. The van der Waals surface area contributed by atoms with Gasteiger partial charge in [-0.2, -0.15) is 0 Å². The highest BCUT2D eigenvalue weighted by Crippen LogP contribution is 2.53. The van der Waals surface area contributed by atoms with Crippen LogP contribution in [-0.2, 0) is 10.8 Å². The number of hydrogen-bond acceptors (Lipinski definition) is 2. The lowest BCUT2D eigenvalue weighted by Crippen LogP contribution is -2.16. The van der Waals surface area contributed by atoms with E-state index >= 15 is 0 Å². The van der Waals surface area contributed by atoms with E-state index in [1.807, 2.05) is 6.07 Å². The van der Waals surface area contributed by atoms with Crippen molar-refractivity contribution in [2.75, 3.05) is 10.2 Å². The van der Waals surface area contributed by atoms with Gasteiger partial charge in [-0.15, -0.1) is 0 Å². The van der Waals surface area contributed by atoms with Crippen LogP contribution in [0.15, 0.2) is 296 Å². The fraction of sp³-hybridized carbons (Fsp3) is 0.200. The van der Waals surface area contributed by atoms with Gasteiger partial charge in [-0.25, -0.2) is 0 Å². The van der Waals surface area contributed by atoms with Gasteiger partial charge in [0.2, 0.25) is 0 Å². The number of benzene rings is 12. The van der Waals surface area contributed by atoms with Gasteiger partial charge in [0, 0.05) is 43.6 Å². The maximum Gasteiger partial charge on any atom is 0.0540 e. The lowest BCUT2D eigenvalue weighted by molar-refractivity contribution is 0.443. The van der Waals surface area contributed by atoms with E-state index in [0.717, 1.165) is 23.0 Å². The Morgan fingerprint density at radius 2 is 0.677 bits per heavy atom. The summed E-state index contributed by atoms with van der Waals surface area (Å²) in [5.74, 6) is 1.50. The van der Waals surface area contributed by atoms with Gasteiger partial charge >= 0.3 is 0 Å². The van der Waals surface area contributed by atoms with Crippen molar-refractivity contribution >= 4 is 44.4 Å². The fourth-order valence-electron chi connectivity index (χ4n) is 15.4. The molecule has 2 nitrogen and oxygen atoms in total. The van der Waals surface area contributed by atoms with Crippen molar-refractivity contribution in [1.29, 1.82) is 0 Å². The van der Waals surface area contributed by atoms with E-state index in [-0.39, 0.29) is 10.8 Å². The molecule has 3 heteroatoms. The van der Waals surface area contributed by atoms with Crippen molar-refractivity contribution in [2.24, 2.45) is 0 Å². The average molecular weight is 1270 g/mol. The Morgan fingerprint density at radius 1 is 0.301 bits per heavy atom. The maximum absolute atomic E-state index is 3.63. The highest BCUT2D eigenvalue weighted by molar-refractivity contribution is 9.10. The third-order valence-corrected chi connectivity index (χ3v) is 21.2. The molecule has 0 aromatic heterocycles. The Kier molecular flexibility index (Phi) is 17.9. The first-order chi connectivity index (χ1) is 45.5. The Bertz CT molecular complexity index is 4510. The second kappa shape index (κ2) is 27.1. The second-order valence-corrected chi connectivity index (χ2v) is 27.9. The molecule has 0 saturated heterocycles. The van der Waals surface area contributed by atoms with Crippen LogP contribution in [0.4, 0.5) is 28.4 Å². The minimum absolute atomic E-state index is 0.0286. The molecule has 4 aliphatic carbocycles. The van der Waals surface area contributed by atoms with Gasteiger partial charge in [-0.3, -0.25) is 0 Å². The second-order valence-electron chi connectivity index (χ2n) is 27.1. The fourth-order valence-corrected chi connectivity index (χ4v) is 15.9. The average Bonchev–Trinajstić information content (AvgIpc) is 1.62. The van der Waals surface area contributed by atoms with Crippen LogP contribution in [0.1, 0.15) is 137 Å². The molecule has 460 valence electrons. The van der Waals surface area contributed by atoms with E-state index in [1.54, 1.807) is 0 Å². The first-order valence-corrected chi connectivity index (χ1v) is 34.8. The molecule has 0 heterocycles. The maximum atomic E-state index is 3.63. The van der Waals surface area contributed by atoms with Gasteiger partial charge in [0.25, 0.3) is 0 Å². The molecule has 12 aromatic rings. The molecule has 93 heavy (non-hydrogen) atoms. The zero-order valence-corrected chi connectivity index (χ0v) is 55.8. The van der Waals surface area contributed by atoms with Crippen LogP contribution in [0.25, 0.3) is 66.8 Å². The SMILES string of the molecule is Brc1ccccc1-c1ccc(C2CCCCC2)cc1.CC1(C)c2ccccc2-c2ccc(N(c3ccc(-c4ccccc4)cc3)c3ccccc3-c3ccc(C4CCCCC4)cc3)cc21.CC1(C)c2ccccc2-c2ccc(Nc3ccc(-c4ccccc4)cc3)cc21. The molecule has 0 spiro atoms. The summed E-state index contributed by atoms with van der Waals surface area (Å²) >= 11 is 3.63. The van der Waals surface area contributed by atoms with Crippen LogP contribution < -0.4 is 10.2 Å². The number of para-hydroxylation sites is 1. The molecule has 16 rings (SSSR count). The van der Waals surface area contributed by atoms with Gasteiger partial charge in [-0.05, 0) is 193 Å². The number of halogens is 1. The lowest BCUT2D eigenvalue weighted by atomic mass is 9.82. The standard InChI is InChI=1S/C45H41N.C27H23N.C18H19Br/c1-45(2)42-19-11-9-18-40(42)41-30-29-38(31-43(41)45)46(37-27-25-35(26-28-37)33-15-7-4-8-16-33)44-20-12-10-17-39(44)36-23-21-34(22-24-36)32-13-5-3-6-14-32;1-27(2)25-11-7-6-10-23(25)24-17-16-22(18-26(24)27)28-21-14-12-20(13-15-21)19-8-4-3-5-9-19;19-18-9-5-4-8-17(18)16-12-10-15(11-13-16)14-6-2-1-3-7-14/h4,7-12,15-32H,3,5-6,13-14H2,1-2H3;3-18,28H,1-2H3;4-5,8-14H,1-3,6-7H2. The minimum Gasteiger partial charge on any atom is -0.356 e. The van der Waals surface area contributed by atoms with Crippen LogP contribution in [0.2, 0.25) is 0 Å². The summed E-state index contributed by atoms with van der Waals surface area (Å²) in [6.07, 6.45) is 13.7. The number of nitrogens with one attached hydrogen (secondary N) is 1. The summed E-state index contributed by atoms with van der Waals surface area (Å²) in [6.45, 7) is 9.36. The summed E-state index contributed by atoms with van der Waals surface area (Å²) in [5, 5.41) is 3.58. The quantitative estimate of drug-likeness (QED) is 0.139. The minimum atomic E-state index is -0.0702. The Balaban J connectivity index is 0.000000135. The zero-order valence-electron chi connectivity index (χ0n) is 54.3. The van der Waals surface area contributed by atoms with Crippen molar-refractivity contribution in [1.82, 2.24) is 0 Å². The number of nitrogens with zero attached hydrogens (tertiary/aromatic N) is 1. The third kappa shape index (κ3) is 12.9. The largest absolute Gasteiger partial charge is 0.356 e. The van der Waals surface area contributed by atoms with Crippen molar-refractivity contribution in [2.45, 2.75) is 115 Å². The topological polar surface area (TPSA) is 15.3 Å². The molecule has 0 amide bonds. The lowest BCUT2D eigenvalue weighted by Gasteiger charge is -2.30. The van der Waals surface area contributed by atoms with Crippen molar-refractivity contribution in [3.05, 3.63) is 329 Å². The van der Waals surface area contributed by atoms with Gasteiger partial charge in [-0.1, -0.05) is 313 Å². The van der Waals surface area contributed by atoms with Crippen LogP contribution in [0, 0.1) is 0 Å². The molecular weight excluding hydrogens is 1190 g/mol. The first kappa shape index (κ1) is 61.2. The molecule has 0 bridgehead atoms. The van der Waals surface area contributed by atoms with E-state index < -0.39 is 0 Å².